The predicted octanol–water partition coefficient (Wildman–Crippen LogP) is 1.07. The zero-order chi connectivity index (χ0) is 6.97. The summed E-state index contributed by atoms with van der Waals surface area (Å²) in [6, 6.07) is 0. The van der Waals surface area contributed by atoms with Crippen molar-refractivity contribution in [3.8, 4) is 0 Å². The van der Waals surface area contributed by atoms with Crippen molar-refractivity contribution in [1.82, 2.24) is 9.78 Å². The normalized spacial score (nSPS) is 15.3. The van der Waals surface area contributed by atoms with E-state index in [1.807, 2.05) is 24.1 Å². The molecule has 0 radical (unpaired) electrons. The summed E-state index contributed by atoms with van der Waals surface area (Å²) in [5, 5.41) is 4.25. The molecule has 52 valence electrons. The smallest absolute Gasteiger partial charge is 0.104 e. The lowest BCUT2D eigenvalue weighted by atomic mass is 10.2. The lowest BCUT2D eigenvalue weighted by molar-refractivity contribution is 0.742. The van der Waals surface area contributed by atoms with Crippen LogP contribution in [0.3, 0.4) is 0 Å². The van der Waals surface area contributed by atoms with Gasteiger partial charge in [-0.15, -0.1) is 0 Å². The van der Waals surface area contributed by atoms with Gasteiger partial charge in [0.1, 0.15) is 5.69 Å². The molecular formula is C7H9N3. The van der Waals surface area contributed by atoms with Crippen LogP contribution >= 0.6 is 0 Å². The second kappa shape index (κ2) is 1.94. The first kappa shape index (κ1) is 5.65. The van der Waals surface area contributed by atoms with E-state index in [1.54, 1.807) is 0 Å². The zero-order valence-electron chi connectivity index (χ0n) is 5.91. The molecule has 1 aromatic heterocycles. The molecule has 0 atom stereocenters. The third-order valence-corrected chi connectivity index (χ3v) is 1.62. The van der Waals surface area contributed by atoms with E-state index in [9.17, 15) is 0 Å². The molecule has 0 aliphatic carbocycles. The van der Waals surface area contributed by atoms with Gasteiger partial charge in [0, 0.05) is 13.3 Å². The molecule has 2 heterocycles. The first-order valence-electron chi connectivity index (χ1n) is 3.41. The molecule has 0 fully saturated rings. The van der Waals surface area contributed by atoms with E-state index in [0.717, 1.165) is 24.2 Å². The van der Waals surface area contributed by atoms with Gasteiger partial charge in [-0.05, 0) is 12.8 Å². The van der Waals surface area contributed by atoms with Gasteiger partial charge >= 0.3 is 0 Å². The van der Waals surface area contributed by atoms with Crippen LogP contribution in [-0.2, 0) is 13.5 Å². The minimum atomic E-state index is 1.03. The Kier molecular flexibility index (Phi) is 1.09. The molecule has 10 heavy (non-hydrogen) atoms. The van der Waals surface area contributed by atoms with Crippen LogP contribution < -0.4 is 0 Å². The number of fused-ring (bicyclic) bond motifs is 1. The standard InChI is InChI=1S/C7H9N3/c1-10-5-7-6(9-10)3-2-4-8-7/h4-5H,2-3H2,1H3. The van der Waals surface area contributed by atoms with Crippen LogP contribution in [0.4, 0.5) is 5.69 Å². The highest BCUT2D eigenvalue weighted by atomic mass is 15.3. The second-order valence-electron chi connectivity index (χ2n) is 2.49. The Morgan fingerprint density at radius 1 is 1.60 bits per heavy atom. The fourth-order valence-corrected chi connectivity index (χ4v) is 1.17. The molecule has 0 bridgehead atoms. The van der Waals surface area contributed by atoms with Gasteiger partial charge in [-0.25, -0.2) is 0 Å². The molecule has 0 saturated carbocycles. The minimum absolute atomic E-state index is 1.03. The molecule has 1 aliphatic heterocycles. The lowest BCUT2D eigenvalue weighted by Crippen LogP contribution is -1.94. The molecular weight excluding hydrogens is 126 g/mol. The summed E-state index contributed by atoms with van der Waals surface area (Å²) >= 11 is 0. The van der Waals surface area contributed by atoms with Gasteiger partial charge in [0.25, 0.3) is 0 Å². The topological polar surface area (TPSA) is 30.2 Å². The van der Waals surface area contributed by atoms with Crippen LogP contribution in [0.25, 0.3) is 0 Å². The van der Waals surface area contributed by atoms with Crippen molar-refractivity contribution >= 4 is 11.9 Å². The van der Waals surface area contributed by atoms with Crippen molar-refractivity contribution in [2.75, 3.05) is 0 Å². The summed E-state index contributed by atoms with van der Waals surface area (Å²) in [5.41, 5.74) is 2.17. The van der Waals surface area contributed by atoms with E-state index >= 15 is 0 Å². The Morgan fingerprint density at radius 3 is 3.30 bits per heavy atom. The highest BCUT2D eigenvalue weighted by Crippen LogP contribution is 2.20. The molecule has 0 aromatic carbocycles. The molecule has 0 saturated heterocycles. The summed E-state index contributed by atoms with van der Waals surface area (Å²) in [5.74, 6) is 0. The fraction of sp³-hybridized carbons (Fsp3) is 0.429. The molecule has 3 nitrogen and oxygen atoms in total. The van der Waals surface area contributed by atoms with Crippen molar-refractivity contribution in [2.45, 2.75) is 12.8 Å². The van der Waals surface area contributed by atoms with Gasteiger partial charge in [0.2, 0.25) is 0 Å². The Hall–Kier alpha value is -1.12. The number of aryl methyl sites for hydroxylation is 2. The fourth-order valence-electron chi connectivity index (χ4n) is 1.17. The van der Waals surface area contributed by atoms with Gasteiger partial charge < -0.3 is 0 Å². The van der Waals surface area contributed by atoms with Crippen molar-refractivity contribution in [3.05, 3.63) is 11.9 Å². The Morgan fingerprint density at radius 2 is 2.50 bits per heavy atom. The first-order chi connectivity index (χ1) is 4.86. The molecule has 0 N–H and O–H groups in total. The minimum Gasteiger partial charge on any atom is -0.273 e. The maximum atomic E-state index is 4.25. The highest BCUT2D eigenvalue weighted by molar-refractivity contribution is 5.67. The Balaban J connectivity index is 2.53. The number of aliphatic imine (C=N–C) groups is 1. The van der Waals surface area contributed by atoms with Crippen LogP contribution in [0.5, 0.6) is 0 Å². The average molecular weight is 135 g/mol. The summed E-state index contributed by atoms with van der Waals surface area (Å²) in [6.45, 7) is 0. The summed E-state index contributed by atoms with van der Waals surface area (Å²) in [6.07, 6.45) is 5.97. The first-order valence-corrected chi connectivity index (χ1v) is 3.41. The van der Waals surface area contributed by atoms with E-state index < -0.39 is 0 Å². The van der Waals surface area contributed by atoms with Gasteiger partial charge in [-0.3, -0.25) is 9.67 Å². The second-order valence-corrected chi connectivity index (χ2v) is 2.49. The highest BCUT2D eigenvalue weighted by Gasteiger charge is 2.07. The Bertz CT molecular complexity index is 272. The van der Waals surface area contributed by atoms with Crippen molar-refractivity contribution in [1.29, 1.82) is 0 Å². The van der Waals surface area contributed by atoms with Gasteiger partial charge in [-0.1, -0.05) is 0 Å². The molecule has 3 heteroatoms. The molecule has 0 spiro atoms. The number of rotatable bonds is 0. The Labute approximate surface area is 59.4 Å². The van der Waals surface area contributed by atoms with Crippen LogP contribution in [-0.4, -0.2) is 16.0 Å². The maximum absolute atomic E-state index is 4.25. The number of nitrogens with zero attached hydrogens (tertiary/aromatic N) is 3. The van der Waals surface area contributed by atoms with Gasteiger partial charge in [-0.2, -0.15) is 5.10 Å². The van der Waals surface area contributed by atoms with Crippen LogP contribution in [0.1, 0.15) is 12.1 Å². The summed E-state index contributed by atoms with van der Waals surface area (Å²) < 4.78 is 1.81. The molecule has 1 aromatic rings. The quantitative estimate of drug-likeness (QED) is 0.523. The van der Waals surface area contributed by atoms with E-state index in [4.69, 9.17) is 0 Å². The van der Waals surface area contributed by atoms with E-state index in [1.165, 1.54) is 0 Å². The van der Waals surface area contributed by atoms with Gasteiger partial charge in [0.15, 0.2) is 0 Å². The van der Waals surface area contributed by atoms with E-state index in [2.05, 4.69) is 10.1 Å². The van der Waals surface area contributed by atoms with Crippen LogP contribution in [0.15, 0.2) is 11.2 Å². The number of hydrogen-bond donors (Lipinski definition) is 0. The largest absolute Gasteiger partial charge is 0.273 e. The number of hydrogen-bond acceptors (Lipinski definition) is 2. The average Bonchev–Trinajstić information content (AvgIpc) is 2.27. The molecule has 1 aliphatic rings. The van der Waals surface area contributed by atoms with Crippen molar-refractivity contribution in [3.63, 3.8) is 0 Å². The van der Waals surface area contributed by atoms with Crippen LogP contribution in [0.2, 0.25) is 0 Å². The van der Waals surface area contributed by atoms with Crippen molar-refractivity contribution < 1.29 is 0 Å². The SMILES string of the molecule is Cn1cc2c(n1)CCC=N2. The predicted molar refractivity (Wildman–Crippen MR) is 39.7 cm³/mol. The molecule has 0 amide bonds. The maximum Gasteiger partial charge on any atom is 0.104 e. The lowest BCUT2D eigenvalue weighted by Gasteiger charge is -1.98. The molecule has 0 unspecified atom stereocenters. The van der Waals surface area contributed by atoms with Crippen LogP contribution in [0, 0.1) is 0 Å². The van der Waals surface area contributed by atoms with E-state index in [0.29, 0.717) is 0 Å². The monoisotopic (exact) mass is 135 g/mol. The summed E-state index contributed by atoms with van der Waals surface area (Å²) in [7, 11) is 1.92. The number of aromatic nitrogens is 2. The molecule has 2 rings (SSSR count). The van der Waals surface area contributed by atoms with E-state index in [-0.39, 0.29) is 0 Å². The van der Waals surface area contributed by atoms with Gasteiger partial charge in [0.05, 0.1) is 11.9 Å². The zero-order valence-corrected chi connectivity index (χ0v) is 5.91. The van der Waals surface area contributed by atoms with Crippen molar-refractivity contribution in [2.24, 2.45) is 12.0 Å². The third-order valence-electron chi connectivity index (χ3n) is 1.62. The summed E-state index contributed by atoms with van der Waals surface area (Å²) in [4.78, 5) is 4.21. The third kappa shape index (κ3) is 0.744.